The SMILES string of the molecule is C=Cc1cncc2cccc(-c3c[nH]c(N4CCCCC4)c3)c12. The first-order chi connectivity index (χ1) is 11.4. The summed E-state index contributed by atoms with van der Waals surface area (Å²) in [5, 5.41) is 2.38. The Hall–Kier alpha value is -2.55. The van der Waals surface area contributed by atoms with Gasteiger partial charge >= 0.3 is 0 Å². The molecule has 1 fully saturated rings. The van der Waals surface area contributed by atoms with Gasteiger partial charge in [-0.1, -0.05) is 30.9 Å². The first kappa shape index (κ1) is 14.1. The maximum atomic E-state index is 4.31. The first-order valence-electron chi connectivity index (χ1n) is 8.30. The minimum Gasteiger partial charge on any atom is -0.358 e. The molecule has 0 bridgehead atoms. The van der Waals surface area contributed by atoms with Crippen molar-refractivity contribution in [2.24, 2.45) is 0 Å². The quantitative estimate of drug-likeness (QED) is 0.749. The normalized spacial score (nSPS) is 15.0. The van der Waals surface area contributed by atoms with Gasteiger partial charge in [-0.25, -0.2) is 0 Å². The van der Waals surface area contributed by atoms with Crippen molar-refractivity contribution in [1.29, 1.82) is 0 Å². The van der Waals surface area contributed by atoms with Crippen LogP contribution in [0.4, 0.5) is 5.82 Å². The van der Waals surface area contributed by atoms with E-state index in [9.17, 15) is 0 Å². The zero-order chi connectivity index (χ0) is 15.6. The van der Waals surface area contributed by atoms with Crippen molar-refractivity contribution < 1.29 is 0 Å². The van der Waals surface area contributed by atoms with Gasteiger partial charge in [-0.15, -0.1) is 0 Å². The van der Waals surface area contributed by atoms with E-state index in [1.807, 2.05) is 18.5 Å². The molecular formula is C20H21N3. The number of anilines is 1. The number of aromatic amines is 1. The number of nitrogens with zero attached hydrogens (tertiary/aromatic N) is 2. The Kier molecular flexibility index (Phi) is 3.62. The lowest BCUT2D eigenvalue weighted by atomic mass is 9.98. The molecule has 4 rings (SSSR count). The lowest BCUT2D eigenvalue weighted by molar-refractivity contribution is 0.574. The van der Waals surface area contributed by atoms with Crippen molar-refractivity contribution in [2.45, 2.75) is 19.3 Å². The summed E-state index contributed by atoms with van der Waals surface area (Å²) in [6, 6.07) is 8.66. The summed E-state index contributed by atoms with van der Waals surface area (Å²) in [6.45, 7) is 6.24. The molecule has 1 aliphatic heterocycles. The van der Waals surface area contributed by atoms with Crippen molar-refractivity contribution in [1.82, 2.24) is 9.97 Å². The van der Waals surface area contributed by atoms with Crippen LogP contribution in [0.3, 0.4) is 0 Å². The van der Waals surface area contributed by atoms with Crippen LogP contribution in [0.5, 0.6) is 0 Å². The van der Waals surface area contributed by atoms with Gasteiger partial charge in [0.1, 0.15) is 5.82 Å². The highest BCUT2D eigenvalue weighted by Crippen LogP contribution is 2.33. The summed E-state index contributed by atoms with van der Waals surface area (Å²) in [5.74, 6) is 1.23. The fourth-order valence-electron chi connectivity index (χ4n) is 3.51. The number of hydrogen-bond acceptors (Lipinski definition) is 2. The molecule has 0 unspecified atom stereocenters. The fourth-order valence-corrected chi connectivity index (χ4v) is 3.51. The van der Waals surface area contributed by atoms with E-state index in [4.69, 9.17) is 0 Å². The Morgan fingerprint density at radius 3 is 2.83 bits per heavy atom. The third kappa shape index (κ3) is 2.52. The maximum absolute atomic E-state index is 4.31. The molecule has 0 radical (unpaired) electrons. The Morgan fingerprint density at radius 2 is 2.00 bits per heavy atom. The van der Waals surface area contributed by atoms with E-state index in [0.717, 1.165) is 24.0 Å². The van der Waals surface area contributed by atoms with E-state index in [2.05, 4.69) is 51.9 Å². The molecular weight excluding hydrogens is 282 g/mol. The lowest BCUT2D eigenvalue weighted by Gasteiger charge is -2.27. The Balaban J connectivity index is 1.80. The zero-order valence-electron chi connectivity index (χ0n) is 13.3. The van der Waals surface area contributed by atoms with Crippen molar-refractivity contribution in [3.8, 4) is 11.1 Å². The van der Waals surface area contributed by atoms with Gasteiger partial charge in [-0.3, -0.25) is 4.98 Å². The molecule has 3 heterocycles. The number of rotatable bonds is 3. The van der Waals surface area contributed by atoms with E-state index in [0.29, 0.717) is 0 Å². The molecule has 3 aromatic rings. The summed E-state index contributed by atoms with van der Waals surface area (Å²) in [7, 11) is 0. The number of benzene rings is 1. The van der Waals surface area contributed by atoms with E-state index in [-0.39, 0.29) is 0 Å². The molecule has 1 aromatic carbocycles. The Labute approximate surface area is 136 Å². The van der Waals surface area contributed by atoms with Crippen molar-refractivity contribution in [3.63, 3.8) is 0 Å². The minimum atomic E-state index is 1.08. The van der Waals surface area contributed by atoms with Gasteiger partial charge in [-0.2, -0.15) is 0 Å². The highest BCUT2D eigenvalue weighted by molar-refractivity contribution is 6.01. The summed E-state index contributed by atoms with van der Waals surface area (Å²) >= 11 is 0. The largest absolute Gasteiger partial charge is 0.358 e. The molecule has 1 saturated heterocycles. The predicted molar refractivity (Wildman–Crippen MR) is 97.7 cm³/mol. The molecule has 116 valence electrons. The smallest absolute Gasteiger partial charge is 0.106 e. The van der Waals surface area contributed by atoms with Crippen LogP contribution in [-0.2, 0) is 0 Å². The molecule has 2 aromatic heterocycles. The van der Waals surface area contributed by atoms with E-state index >= 15 is 0 Å². The van der Waals surface area contributed by atoms with Crippen molar-refractivity contribution >= 4 is 22.7 Å². The number of aromatic nitrogens is 2. The number of pyridine rings is 1. The molecule has 0 saturated carbocycles. The third-order valence-corrected chi connectivity index (χ3v) is 4.71. The molecule has 3 heteroatoms. The van der Waals surface area contributed by atoms with Gasteiger partial charge in [0.25, 0.3) is 0 Å². The number of piperidine rings is 1. The molecule has 0 spiro atoms. The highest BCUT2D eigenvalue weighted by Gasteiger charge is 2.14. The monoisotopic (exact) mass is 303 g/mol. The van der Waals surface area contributed by atoms with E-state index in [1.54, 1.807) is 0 Å². The molecule has 23 heavy (non-hydrogen) atoms. The lowest BCUT2D eigenvalue weighted by Crippen LogP contribution is -2.29. The van der Waals surface area contributed by atoms with Crippen LogP contribution in [0.1, 0.15) is 24.8 Å². The van der Waals surface area contributed by atoms with Gasteiger partial charge in [0.2, 0.25) is 0 Å². The van der Waals surface area contributed by atoms with Crippen molar-refractivity contribution in [2.75, 3.05) is 18.0 Å². The van der Waals surface area contributed by atoms with E-state index in [1.165, 1.54) is 41.6 Å². The average Bonchev–Trinajstić information content (AvgIpc) is 3.11. The highest BCUT2D eigenvalue weighted by atomic mass is 15.2. The second-order valence-electron chi connectivity index (χ2n) is 6.16. The van der Waals surface area contributed by atoms with Gasteiger partial charge in [0.05, 0.1) is 0 Å². The predicted octanol–water partition coefficient (Wildman–Crippen LogP) is 4.86. The van der Waals surface area contributed by atoms with Crippen LogP contribution < -0.4 is 4.90 Å². The molecule has 3 nitrogen and oxygen atoms in total. The van der Waals surface area contributed by atoms with E-state index < -0.39 is 0 Å². The van der Waals surface area contributed by atoms with Crippen LogP contribution in [0.2, 0.25) is 0 Å². The van der Waals surface area contributed by atoms with Crippen LogP contribution in [0.15, 0.2) is 49.4 Å². The number of fused-ring (bicyclic) bond motifs is 1. The zero-order valence-corrected chi connectivity index (χ0v) is 13.3. The summed E-state index contributed by atoms with van der Waals surface area (Å²) in [6.07, 6.45) is 11.7. The average molecular weight is 303 g/mol. The maximum Gasteiger partial charge on any atom is 0.106 e. The summed E-state index contributed by atoms with van der Waals surface area (Å²) < 4.78 is 0. The van der Waals surface area contributed by atoms with Gasteiger partial charge < -0.3 is 9.88 Å². The third-order valence-electron chi connectivity index (χ3n) is 4.71. The number of nitrogens with one attached hydrogen (secondary N) is 1. The molecule has 0 amide bonds. The van der Waals surface area contributed by atoms with Crippen LogP contribution in [0.25, 0.3) is 28.0 Å². The molecule has 1 aliphatic rings. The molecule has 1 N–H and O–H groups in total. The second kappa shape index (κ2) is 5.92. The number of hydrogen-bond donors (Lipinski definition) is 1. The fraction of sp³-hybridized carbons (Fsp3) is 0.250. The molecule has 0 aliphatic carbocycles. The van der Waals surface area contributed by atoms with Gasteiger partial charge in [0.15, 0.2) is 0 Å². The summed E-state index contributed by atoms with van der Waals surface area (Å²) in [5.41, 5.74) is 3.55. The van der Waals surface area contributed by atoms with Gasteiger partial charge in [-0.05, 0) is 36.3 Å². The van der Waals surface area contributed by atoms with Crippen molar-refractivity contribution in [3.05, 3.63) is 55.0 Å². The van der Waals surface area contributed by atoms with Crippen LogP contribution in [-0.4, -0.2) is 23.1 Å². The molecule has 0 atom stereocenters. The standard InChI is InChI=1S/C20H21N3/c1-2-15-12-21-13-16-7-6-8-18(20(15)16)17-11-19(22-14-17)23-9-4-3-5-10-23/h2,6-8,11-14,22H,1,3-5,9-10H2. The second-order valence-corrected chi connectivity index (χ2v) is 6.16. The Morgan fingerprint density at radius 1 is 1.13 bits per heavy atom. The van der Waals surface area contributed by atoms with Crippen LogP contribution >= 0.6 is 0 Å². The topological polar surface area (TPSA) is 31.9 Å². The summed E-state index contributed by atoms with van der Waals surface area (Å²) in [4.78, 5) is 10.2. The first-order valence-corrected chi connectivity index (χ1v) is 8.30. The minimum absolute atomic E-state index is 1.08. The van der Waals surface area contributed by atoms with Crippen LogP contribution in [0, 0.1) is 0 Å². The Bertz CT molecular complexity index is 836. The number of H-pyrrole nitrogens is 1. The van der Waals surface area contributed by atoms with Gasteiger partial charge in [0, 0.05) is 48.2 Å².